The number of carbonyl (C=O) groups is 2. The summed E-state index contributed by atoms with van der Waals surface area (Å²) in [5.74, 6) is -0.170. The van der Waals surface area contributed by atoms with Crippen molar-refractivity contribution in [1.82, 2.24) is 10.2 Å². The minimum absolute atomic E-state index is 0. The summed E-state index contributed by atoms with van der Waals surface area (Å²) < 4.78 is 5.85. The third-order valence-electron chi connectivity index (χ3n) is 6.45. The van der Waals surface area contributed by atoms with E-state index in [4.69, 9.17) is 10.5 Å². The number of piperidine rings is 1. The molecule has 144 valence electrons. The van der Waals surface area contributed by atoms with E-state index in [0.29, 0.717) is 0 Å². The first-order valence-electron chi connectivity index (χ1n) is 9.30. The number of fused-ring (bicyclic) bond motifs is 1. The van der Waals surface area contributed by atoms with Gasteiger partial charge in [-0.05, 0) is 39.0 Å². The van der Waals surface area contributed by atoms with Crippen LogP contribution >= 0.6 is 12.4 Å². The van der Waals surface area contributed by atoms with Gasteiger partial charge in [-0.25, -0.2) is 0 Å². The zero-order valence-electron chi connectivity index (χ0n) is 15.5. The first-order chi connectivity index (χ1) is 11.3. The van der Waals surface area contributed by atoms with Gasteiger partial charge in [0.15, 0.2) is 0 Å². The maximum absolute atomic E-state index is 13.0. The fraction of sp³-hybridized carbons (Fsp3) is 0.889. The molecule has 3 fully saturated rings. The van der Waals surface area contributed by atoms with Gasteiger partial charge < -0.3 is 20.7 Å². The van der Waals surface area contributed by atoms with Crippen LogP contribution in [0.1, 0.15) is 52.9 Å². The van der Waals surface area contributed by atoms with E-state index in [1.807, 2.05) is 18.7 Å². The summed E-state index contributed by atoms with van der Waals surface area (Å²) in [6.45, 7) is 8.07. The highest BCUT2D eigenvalue weighted by Gasteiger charge is 2.70. The van der Waals surface area contributed by atoms with Crippen LogP contribution in [0, 0.1) is 11.3 Å². The summed E-state index contributed by atoms with van der Waals surface area (Å²) in [6.07, 6.45) is 5.14. The number of rotatable bonds is 3. The van der Waals surface area contributed by atoms with Crippen LogP contribution < -0.4 is 11.1 Å². The summed E-state index contributed by atoms with van der Waals surface area (Å²) in [6, 6.07) is -0.532. The number of ether oxygens (including phenoxy) is 1. The topological polar surface area (TPSA) is 84.7 Å². The van der Waals surface area contributed by atoms with Crippen LogP contribution in [0.5, 0.6) is 0 Å². The molecule has 0 radical (unpaired) electrons. The second kappa shape index (κ2) is 7.41. The van der Waals surface area contributed by atoms with E-state index in [1.165, 1.54) is 6.42 Å². The average molecular weight is 374 g/mol. The molecule has 3 rings (SSSR count). The van der Waals surface area contributed by atoms with E-state index < -0.39 is 17.0 Å². The van der Waals surface area contributed by atoms with Crippen LogP contribution in [0.2, 0.25) is 0 Å². The fourth-order valence-electron chi connectivity index (χ4n) is 4.80. The second-order valence-corrected chi connectivity index (χ2v) is 8.21. The van der Waals surface area contributed by atoms with Gasteiger partial charge in [0.1, 0.15) is 11.6 Å². The van der Waals surface area contributed by atoms with Gasteiger partial charge in [0, 0.05) is 31.0 Å². The quantitative estimate of drug-likeness (QED) is 0.784. The number of nitrogens with zero attached hydrogens (tertiary/aromatic N) is 1. The number of nitrogens with two attached hydrogens (primary N) is 1. The molecule has 25 heavy (non-hydrogen) atoms. The minimum atomic E-state index is -0.964. The predicted octanol–water partition coefficient (Wildman–Crippen LogP) is 1.46. The van der Waals surface area contributed by atoms with Gasteiger partial charge in [0.25, 0.3) is 0 Å². The van der Waals surface area contributed by atoms with E-state index in [1.54, 1.807) is 6.92 Å². The maximum atomic E-state index is 13.0. The lowest BCUT2D eigenvalue weighted by Crippen LogP contribution is -2.82. The first kappa shape index (κ1) is 20.5. The Morgan fingerprint density at radius 3 is 2.48 bits per heavy atom. The molecule has 4 atom stereocenters. The van der Waals surface area contributed by atoms with Crippen LogP contribution in [-0.4, -0.2) is 54.1 Å². The van der Waals surface area contributed by atoms with Crippen LogP contribution in [0.4, 0.5) is 0 Å². The van der Waals surface area contributed by atoms with E-state index in [2.05, 4.69) is 5.32 Å². The number of carbonyl (C=O) groups excluding carboxylic acids is 2. The highest BCUT2D eigenvalue weighted by atomic mass is 35.5. The molecule has 1 aliphatic carbocycles. The third-order valence-corrected chi connectivity index (χ3v) is 6.45. The van der Waals surface area contributed by atoms with Crippen molar-refractivity contribution in [3.05, 3.63) is 0 Å². The number of likely N-dealkylation sites (tertiary alicyclic amines) is 1. The van der Waals surface area contributed by atoms with Crippen molar-refractivity contribution < 1.29 is 14.3 Å². The number of hydrogen-bond donors (Lipinski definition) is 2. The van der Waals surface area contributed by atoms with Crippen molar-refractivity contribution in [2.24, 2.45) is 17.1 Å². The summed E-state index contributed by atoms with van der Waals surface area (Å²) in [7, 11) is 0. The highest BCUT2D eigenvalue weighted by molar-refractivity contribution is 5.94. The molecule has 3 aliphatic rings. The van der Waals surface area contributed by atoms with E-state index in [9.17, 15) is 9.59 Å². The molecule has 0 spiro atoms. The Morgan fingerprint density at radius 2 is 1.84 bits per heavy atom. The lowest BCUT2D eigenvalue weighted by molar-refractivity contribution is -0.225. The van der Waals surface area contributed by atoms with Gasteiger partial charge in [-0.2, -0.15) is 0 Å². The SMILES string of the molecule is CC(NC(=O)C1(N)C2CCCOC2C1(C)C)C(=O)N1CCCCC1.Cl. The van der Waals surface area contributed by atoms with E-state index >= 15 is 0 Å². The summed E-state index contributed by atoms with van der Waals surface area (Å²) in [5.41, 5.74) is 5.20. The molecular weight excluding hydrogens is 342 g/mol. The Kier molecular flexibility index (Phi) is 6.07. The van der Waals surface area contributed by atoms with Gasteiger partial charge >= 0.3 is 0 Å². The van der Waals surface area contributed by atoms with Crippen molar-refractivity contribution in [1.29, 1.82) is 0 Å². The van der Waals surface area contributed by atoms with Gasteiger partial charge in [-0.3, -0.25) is 9.59 Å². The molecule has 2 heterocycles. The van der Waals surface area contributed by atoms with Crippen molar-refractivity contribution in [3.63, 3.8) is 0 Å². The molecule has 2 amide bonds. The largest absolute Gasteiger partial charge is 0.377 e. The molecule has 0 bridgehead atoms. The zero-order valence-corrected chi connectivity index (χ0v) is 16.4. The number of amides is 2. The molecule has 1 saturated carbocycles. The summed E-state index contributed by atoms with van der Waals surface area (Å²) >= 11 is 0. The lowest BCUT2D eigenvalue weighted by Gasteiger charge is -2.65. The van der Waals surface area contributed by atoms with Crippen LogP contribution in [0.25, 0.3) is 0 Å². The Bertz CT molecular complexity index is 522. The van der Waals surface area contributed by atoms with Crippen LogP contribution in [0.15, 0.2) is 0 Å². The van der Waals surface area contributed by atoms with Gasteiger partial charge in [0.2, 0.25) is 11.8 Å². The first-order valence-corrected chi connectivity index (χ1v) is 9.30. The normalized spacial score (nSPS) is 34.8. The Balaban J connectivity index is 0.00000225. The van der Waals surface area contributed by atoms with Gasteiger partial charge in [0.05, 0.1) is 6.10 Å². The van der Waals surface area contributed by atoms with Crippen molar-refractivity contribution >= 4 is 24.2 Å². The Labute approximate surface area is 156 Å². The molecule has 0 aromatic carbocycles. The van der Waals surface area contributed by atoms with Crippen LogP contribution in [0.3, 0.4) is 0 Å². The second-order valence-electron chi connectivity index (χ2n) is 8.21. The average Bonchev–Trinajstić information content (AvgIpc) is 2.60. The number of hydrogen-bond acceptors (Lipinski definition) is 4. The molecule has 3 N–H and O–H groups in total. The molecular formula is C18H32ClN3O3. The predicted molar refractivity (Wildman–Crippen MR) is 98.4 cm³/mol. The van der Waals surface area contributed by atoms with Crippen molar-refractivity contribution in [2.45, 2.75) is 70.6 Å². The number of nitrogens with one attached hydrogen (secondary N) is 1. The van der Waals surface area contributed by atoms with E-state index in [-0.39, 0.29) is 36.2 Å². The summed E-state index contributed by atoms with van der Waals surface area (Å²) in [4.78, 5) is 27.4. The standard InChI is InChI=1S/C18H31N3O3.ClH/c1-12(15(22)21-9-5-4-6-10-21)20-16(23)18(19)13-8-7-11-24-14(13)17(18,2)3;/h12-14H,4-11,19H2,1-3H3,(H,20,23);1H. The number of halogens is 1. The molecule has 4 unspecified atom stereocenters. The summed E-state index contributed by atoms with van der Waals surface area (Å²) in [5, 5.41) is 2.90. The van der Waals surface area contributed by atoms with Crippen LogP contribution in [-0.2, 0) is 14.3 Å². The smallest absolute Gasteiger partial charge is 0.244 e. The monoisotopic (exact) mass is 373 g/mol. The van der Waals surface area contributed by atoms with Crippen molar-refractivity contribution in [3.8, 4) is 0 Å². The Morgan fingerprint density at radius 1 is 1.20 bits per heavy atom. The molecule has 2 aliphatic heterocycles. The van der Waals surface area contributed by atoms with E-state index in [0.717, 1.165) is 45.4 Å². The molecule has 0 aromatic rings. The molecule has 6 nitrogen and oxygen atoms in total. The molecule has 2 saturated heterocycles. The third kappa shape index (κ3) is 3.17. The zero-order chi connectivity index (χ0) is 17.5. The fourth-order valence-corrected chi connectivity index (χ4v) is 4.80. The molecule has 0 aromatic heterocycles. The van der Waals surface area contributed by atoms with Gasteiger partial charge in [-0.1, -0.05) is 13.8 Å². The van der Waals surface area contributed by atoms with Gasteiger partial charge in [-0.15, -0.1) is 12.4 Å². The lowest BCUT2D eigenvalue weighted by atomic mass is 9.46. The minimum Gasteiger partial charge on any atom is -0.377 e. The van der Waals surface area contributed by atoms with Crippen molar-refractivity contribution in [2.75, 3.05) is 19.7 Å². The Hall–Kier alpha value is -0.850. The highest BCUT2D eigenvalue weighted by Crippen LogP contribution is 2.57. The maximum Gasteiger partial charge on any atom is 0.244 e. The molecule has 7 heteroatoms.